The van der Waals surface area contributed by atoms with E-state index in [1.807, 2.05) is 30.0 Å². The van der Waals surface area contributed by atoms with E-state index < -0.39 is 0 Å². The van der Waals surface area contributed by atoms with Gasteiger partial charge in [-0.1, -0.05) is 19.9 Å². The van der Waals surface area contributed by atoms with Crippen molar-refractivity contribution in [2.45, 2.75) is 20.8 Å². The number of carbonyl (C=O) groups excluding carboxylic acids is 1. The third-order valence-corrected chi connectivity index (χ3v) is 2.94. The summed E-state index contributed by atoms with van der Waals surface area (Å²) in [6.45, 7) is 7.77. The normalized spacial score (nSPS) is 11.1. The average Bonchev–Trinajstić information content (AvgIpc) is 2.81. The molecule has 0 radical (unpaired) electrons. The first-order valence-electron chi connectivity index (χ1n) is 6.34. The minimum absolute atomic E-state index is 0.0858. The zero-order valence-electron chi connectivity index (χ0n) is 11.1. The summed E-state index contributed by atoms with van der Waals surface area (Å²) in [6, 6.07) is 5.66. The van der Waals surface area contributed by atoms with Crippen LogP contribution in [-0.4, -0.2) is 34.1 Å². The summed E-state index contributed by atoms with van der Waals surface area (Å²) in [5.74, 6) is 0.562. The van der Waals surface area contributed by atoms with Gasteiger partial charge in [0.05, 0.1) is 11.7 Å². The number of amides is 1. The van der Waals surface area contributed by atoms with Crippen LogP contribution in [0.2, 0.25) is 0 Å². The molecule has 2 aromatic rings. The van der Waals surface area contributed by atoms with Crippen molar-refractivity contribution in [3.63, 3.8) is 0 Å². The van der Waals surface area contributed by atoms with Gasteiger partial charge in [0.2, 0.25) is 0 Å². The summed E-state index contributed by atoms with van der Waals surface area (Å²) in [6.07, 6.45) is 1.76. The van der Waals surface area contributed by atoms with Gasteiger partial charge in [0.15, 0.2) is 0 Å². The lowest BCUT2D eigenvalue weighted by molar-refractivity contribution is 0.0746. The highest BCUT2D eigenvalue weighted by Gasteiger charge is 2.15. The zero-order chi connectivity index (χ0) is 13.1. The Morgan fingerprint density at radius 3 is 2.89 bits per heavy atom. The molecule has 0 aliphatic rings. The molecule has 0 saturated heterocycles. The van der Waals surface area contributed by atoms with Crippen LogP contribution >= 0.6 is 0 Å². The maximum absolute atomic E-state index is 12.4. The van der Waals surface area contributed by atoms with Crippen molar-refractivity contribution in [1.82, 2.24) is 15.1 Å². The average molecular weight is 245 g/mol. The molecule has 1 aromatic carbocycles. The molecule has 1 aromatic heterocycles. The Labute approximate surface area is 107 Å². The number of fused-ring (bicyclic) bond motifs is 1. The first-order valence-corrected chi connectivity index (χ1v) is 6.34. The van der Waals surface area contributed by atoms with Crippen molar-refractivity contribution in [3.05, 3.63) is 30.0 Å². The fourth-order valence-corrected chi connectivity index (χ4v) is 2.05. The van der Waals surface area contributed by atoms with E-state index in [2.05, 4.69) is 24.0 Å². The van der Waals surface area contributed by atoms with Gasteiger partial charge >= 0.3 is 0 Å². The van der Waals surface area contributed by atoms with E-state index >= 15 is 0 Å². The minimum Gasteiger partial charge on any atom is -0.339 e. The van der Waals surface area contributed by atoms with Crippen molar-refractivity contribution in [1.29, 1.82) is 0 Å². The fraction of sp³-hybridized carbons (Fsp3) is 0.429. The number of aromatic nitrogens is 2. The molecule has 4 heteroatoms. The van der Waals surface area contributed by atoms with Crippen molar-refractivity contribution >= 4 is 16.8 Å². The summed E-state index contributed by atoms with van der Waals surface area (Å²) in [7, 11) is 0. The Morgan fingerprint density at radius 1 is 1.44 bits per heavy atom. The zero-order valence-corrected chi connectivity index (χ0v) is 11.1. The SMILES string of the molecule is CCN(CC(C)C)C(=O)c1ccc2cn[nH]c2c1. The molecule has 0 unspecified atom stereocenters. The Morgan fingerprint density at radius 2 is 2.22 bits per heavy atom. The molecular weight excluding hydrogens is 226 g/mol. The number of aromatic amines is 1. The van der Waals surface area contributed by atoms with Gasteiger partial charge in [-0.05, 0) is 25.0 Å². The lowest BCUT2D eigenvalue weighted by Crippen LogP contribution is -2.33. The molecule has 0 atom stereocenters. The van der Waals surface area contributed by atoms with Crippen LogP contribution < -0.4 is 0 Å². The third kappa shape index (κ3) is 2.53. The number of rotatable bonds is 4. The van der Waals surface area contributed by atoms with Gasteiger partial charge in [-0.15, -0.1) is 0 Å². The van der Waals surface area contributed by atoms with Crippen LogP contribution in [0, 0.1) is 5.92 Å². The van der Waals surface area contributed by atoms with Crippen molar-refractivity contribution in [2.75, 3.05) is 13.1 Å². The molecule has 0 fully saturated rings. The molecule has 0 aliphatic heterocycles. The smallest absolute Gasteiger partial charge is 0.253 e. The number of nitrogens with one attached hydrogen (secondary N) is 1. The molecule has 0 saturated carbocycles. The number of H-pyrrole nitrogens is 1. The summed E-state index contributed by atoms with van der Waals surface area (Å²) in [4.78, 5) is 14.2. The van der Waals surface area contributed by atoms with Crippen LogP contribution in [0.3, 0.4) is 0 Å². The number of benzene rings is 1. The van der Waals surface area contributed by atoms with Gasteiger partial charge in [-0.2, -0.15) is 5.10 Å². The van der Waals surface area contributed by atoms with Gasteiger partial charge in [-0.3, -0.25) is 9.89 Å². The molecule has 1 amide bonds. The topological polar surface area (TPSA) is 49.0 Å². The van der Waals surface area contributed by atoms with E-state index in [0.717, 1.165) is 24.0 Å². The lowest BCUT2D eigenvalue weighted by Gasteiger charge is -2.23. The molecule has 1 N–H and O–H groups in total. The first kappa shape index (κ1) is 12.6. The Balaban J connectivity index is 2.25. The Bertz CT molecular complexity index is 545. The van der Waals surface area contributed by atoms with Crippen molar-refractivity contribution < 1.29 is 4.79 Å². The Kier molecular flexibility index (Phi) is 3.65. The second-order valence-corrected chi connectivity index (χ2v) is 4.91. The molecule has 4 nitrogen and oxygen atoms in total. The summed E-state index contributed by atoms with van der Waals surface area (Å²) in [5, 5.41) is 7.88. The maximum atomic E-state index is 12.4. The standard InChI is InChI=1S/C14H19N3O/c1-4-17(9-10(2)3)14(18)11-5-6-12-8-15-16-13(12)7-11/h5-8,10H,4,9H2,1-3H3,(H,15,16). The van der Waals surface area contributed by atoms with Gasteiger partial charge in [0.25, 0.3) is 5.91 Å². The van der Waals surface area contributed by atoms with Gasteiger partial charge < -0.3 is 4.90 Å². The molecule has 0 bridgehead atoms. The van der Waals surface area contributed by atoms with Gasteiger partial charge in [0, 0.05) is 24.0 Å². The summed E-state index contributed by atoms with van der Waals surface area (Å²) >= 11 is 0. The highest BCUT2D eigenvalue weighted by Crippen LogP contribution is 2.15. The molecule has 96 valence electrons. The van der Waals surface area contributed by atoms with Crippen LogP contribution in [-0.2, 0) is 0 Å². The van der Waals surface area contributed by atoms with Crippen LogP contribution in [0.1, 0.15) is 31.1 Å². The van der Waals surface area contributed by atoms with E-state index in [0.29, 0.717) is 11.5 Å². The number of hydrogen-bond acceptors (Lipinski definition) is 2. The van der Waals surface area contributed by atoms with Crippen molar-refractivity contribution in [2.24, 2.45) is 5.92 Å². The van der Waals surface area contributed by atoms with E-state index in [-0.39, 0.29) is 5.91 Å². The van der Waals surface area contributed by atoms with Gasteiger partial charge in [0.1, 0.15) is 0 Å². The van der Waals surface area contributed by atoms with Crippen molar-refractivity contribution in [3.8, 4) is 0 Å². The molecule has 0 aliphatic carbocycles. The van der Waals surface area contributed by atoms with E-state index in [1.165, 1.54) is 0 Å². The largest absolute Gasteiger partial charge is 0.339 e. The molecular formula is C14H19N3O. The second-order valence-electron chi connectivity index (χ2n) is 4.91. The number of hydrogen-bond donors (Lipinski definition) is 1. The van der Waals surface area contributed by atoms with E-state index in [4.69, 9.17) is 0 Å². The monoisotopic (exact) mass is 245 g/mol. The van der Waals surface area contributed by atoms with E-state index in [1.54, 1.807) is 6.20 Å². The first-order chi connectivity index (χ1) is 8.61. The van der Waals surface area contributed by atoms with E-state index in [9.17, 15) is 4.79 Å². The van der Waals surface area contributed by atoms with Crippen LogP contribution in [0.4, 0.5) is 0 Å². The van der Waals surface area contributed by atoms with Gasteiger partial charge in [-0.25, -0.2) is 0 Å². The summed E-state index contributed by atoms with van der Waals surface area (Å²) < 4.78 is 0. The maximum Gasteiger partial charge on any atom is 0.253 e. The third-order valence-electron chi connectivity index (χ3n) is 2.94. The van der Waals surface area contributed by atoms with Crippen LogP contribution in [0.5, 0.6) is 0 Å². The molecule has 2 rings (SSSR count). The highest BCUT2D eigenvalue weighted by atomic mass is 16.2. The predicted octanol–water partition coefficient (Wildman–Crippen LogP) is 2.68. The predicted molar refractivity (Wildman–Crippen MR) is 72.5 cm³/mol. The second kappa shape index (κ2) is 5.21. The molecule has 18 heavy (non-hydrogen) atoms. The highest BCUT2D eigenvalue weighted by molar-refractivity contribution is 5.97. The Hall–Kier alpha value is -1.84. The fourth-order valence-electron chi connectivity index (χ4n) is 2.05. The number of carbonyl (C=O) groups is 1. The summed E-state index contributed by atoms with van der Waals surface area (Å²) in [5.41, 5.74) is 1.62. The quantitative estimate of drug-likeness (QED) is 0.900. The molecule has 1 heterocycles. The number of nitrogens with zero attached hydrogens (tertiary/aromatic N) is 2. The van der Waals surface area contributed by atoms with Crippen LogP contribution in [0.15, 0.2) is 24.4 Å². The molecule has 0 spiro atoms. The lowest BCUT2D eigenvalue weighted by atomic mass is 10.1. The minimum atomic E-state index is 0.0858. The van der Waals surface area contributed by atoms with Crippen LogP contribution in [0.25, 0.3) is 10.9 Å².